The fourth-order valence-electron chi connectivity index (χ4n) is 1.92. The van der Waals surface area contributed by atoms with Gasteiger partial charge in [0.2, 0.25) is 6.79 Å². The van der Waals surface area contributed by atoms with E-state index < -0.39 is 0 Å². The van der Waals surface area contributed by atoms with Gasteiger partial charge in [-0.1, -0.05) is 22.9 Å². The van der Waals surface area contributed by atoms with E-state index in [1.807, 2.05) is 0 Å². The predicted octanol–water partition coefficient (Wildman–Crippen LogP) is 3.10. The molecule has 0 fully saturated rings. The van der Waals surface area contributed by atoms with Crippen LogP contribution in [0.2, 0.25) is 0 Å². The minimum atomic E-state index is -0.197. The molecule has 0 bridgehead atoms. The molecule has 0 saturated heterocycles. The van der Waals surface area contributed by atoms with Gasteiger partial charge >= 0.3 is 0 Å². The van der Waals surface area contributed by atoms with Crippen LogP contribution in [0, 0.1) is 0 Å². The molecule has 0 spiro atoms. The molecular weight excluding hydrogens is 310 g/mol. The Kier molecular flexibility index (Phi) is 4.34. The topological polar surface area (TPSA) is 47.6 Å². The Hall–Kier alpha value is -1.23. The average molecular weight is 328 g/mol. The van der Waals surface area contributed by atoms with Crippen molar-refractivity contribution in [1.29, 1.82) is 0 Å². The summed E-state index contributed by atoms with van der Waals surface area (Å²) in [6.07, 6.45) is 1.77. The highest BCUT2D eigenvalue weighted by Gasteiger charge is 2.25. The zero-order chi connectivity index (χ0) is 13.9. The number of carbonyl (C=O) groups excluding carboxylic acids is 1. The summed E-state index contributed by atoms with van der Waals surface area (Å²) in [6, 6.07) is 5.25. The summed E-state index contributed by atoms with van der Waals surface area (Å²) in [4.78, 5) is 12.3. The number of benzene rings is 1. The summed E-state index contributed by atoms with van der Waals surface area (Å²) in [5.41, 5.74) is 0.398. The second-order valence-electron chi connectivity index (χ2n) is 4.88. The van der Waals surface area contributed by atoms with E-state index in [1.165, 1.54) is 0 Å². The second-order valence-corrected chi connectivity index (χ2v) is 5.67. The summed E-state index contributed by atoms with van der Waals surface area (Å²) in [5, 5.41) is 3.95. The van der Waals surface area contributed by atoms with Crippen LogP contribution in [0.1, 0.15) is 37.0 Å². The number of carbonyl (C=O) groups is 1. The van der Waals surface area contributed by atoms with Crippen LogP contribution in [-0.4, -0.2) is 23.6 Å². The van der Waals surface area contributed by atoms with Crippen LogP contribution in [-0.2, 0) is 0 Å². The van der Waals surface area contributed by atoms with Crippen molar-refractivity contribution >= 4 is 21.8 Å². The summed E-state index contributed by atoms with van der Waals surface area (Å²) in [6.45, 7) is 4.35. The zero-order valence-electron chi connectivity index (χ0n) is 11.2. The number of ether oxygens (including phenoxy) is 2. The van der Waals surface area contributed by atoms with Gasteiger partial charge in [-0.3, -0.25) is 4.79 Å². The molecule has 1 atom stereocenters. The third-order valence-corrected chi connectivity index (χ3v) is 3.87. The number of hydrogen-bond donors (Lipinski definition) is 1. The fraction of sp³-hybridized carbons (Fsp3) is 0.500. The first kappa shape index (κ1) is 14.2. The quantitative estimate of drug-likeness (QED) is 0.845. The number of hydrogen-bond acceptors (Lipinski definition) is 3. The fourth-order valence-corrected chi connectivity index (χ4v) is 2.80. The maximum atomic E-state index is 12.3. The Morgan fingerprint density at radius 2 is 2.16 bits per heavy atom. The second kappa shape index (κ2) is 5.82. The Bertz CT molecular complexity index is 478. The van der Waals surface area contributed by atoms with Gasteiger partial charge < -0.3 is 14.8 Å². The Morgan fingerprint density at radius 3 is 2.84 bits per heavy atom. The molecule has 1 amide bonds. The summed E-state index contributed by atoms with van der Waals surface area (Å²) < 4.78 is 10.5. The van der Waals surface area contributed by atoms with Crippen LogP contribution in [0.4, 0.5) is 0 Å². The van der Waals surface area contributed by atoms with Gasteiger partial charge in [-0.25, -0.2) is 0 Å². The van der Waals surface area contributed by atoms with E-state index in [1.54, 1.807) is 18.2 Å². The lowest BCUT2D eigenvalue weighted by Gasteiger charge is -2.29. The molecule has 2 rings (SSSR count). The first-order chi connectivity index (χ1) is 9.08. The van der Waals surface area contributed by atoms with Gasteiger partial charge in [0.1, 0.15) is 0 Å². The summed E-state index contributed by atoms with van der Waals surface area (Å²) >= 11 is 3.42. The van der Waals surface area contributed by atoms with Crippen LogP contribution < -0.4 is 14.8 Å². The lowest BCUT2D eigenvalue weighted by atomic mass is 9.95. The molecule has 5 heteroatoms. The Morgan fingerprint density at radius 1 is 1.42 bits per heavy atom. The highest BCUT2D eigenvalue weighted by molar-refractivity contribution is 9.09. The van der Waals surface area contributed by atoms with Crippen molar-refractivity contribution in [2.24, 2.45) is 0 Å². The molecule has 4 nitrogen and oxygen atoms in total. The molecule has 1 unspecified atom stereocenters. The Balaban J connectivity index is 2.11. The van der Waals surface area contributed by atoms with E-state index in [0.717, 1.165) is 18.2 Å². The van der Waals surface area contributed by atoms with E-state index in [9.17, 15) is 4.79 Å². The standard InChI is InChI=1S/C14H18BrNO3/c1-3-14(2,6-7-15)16-13(17)10-4-5-11-12(8-10)19-9-18-11/h4-5,8H,3,6-7,9H2,1-2H3,(H,16,17). The predicted molar refractivity (Wildman–Crippen MR) is 77.1 cm³/mol. The van der Waals surface area contributed by atoms with Crippen molar-refractivity contribution in [3.8, 4) is 11.5 Å². The van der Waals surface area contributed by atoms with Gasteiger partial charge in [-0.15, -0.1) is 0 Å². The lowest BCUT2D eigenvalue weighted by Crippen LogP contribution is -2.45. The largest absolute Gasteiger partial charge is 0.454 e. The van der Waals surface area contributed by atoms with Crippen molar-refractivity contribution in [1.82, 2.24) is 5.32 Å². The van der Waals surface area contributed by atoms with Crippen LogP contribution in [0.15, 0.2) is 18.2 Å². The minimum Gasteiger partial charge on any atom is -0.454 e. The molecule has 1 aliphatic heterocycles. The van der Waals surface area contributed by atoms with Gasteiger partial charge in [0, 0.05) is 16.4 Å². The molecule has 0 saturated carbocycles. The molecule has 1 aliphatic rings. The van der Waals surface area contributed by atoms with Gasteiger partial charge in [0.05, 0.1) is 0 Å². The number of amides is 1. The highest BCUT2D eigenvalue weighted by atomic mass is 79.9. The molecule has 0 aromatic heterocycles. The Labute approximate surface area is 121 Å². The van der Waals surface area contributed by atoms with Gasteiger partial charge in [0.25, 0.3) is 5.91 Å². The lowest BCUT2D eigenvalue weighted by molar-refractivity contribution is 0.0901. The smallest absolute Gasteiger partial charge is 0.251 e. The number of halogens is 1. The van der Waals surface area contributed by atoms with Gasteiger partial charge in [-0.05, 0) is 38.0 Å². The monoisotopic (exact) mass is 327 g/mol. The van der Waals surface area contributed by atoms with Crippen molar-refractivity contribution in [2.75, 3.05) is 12.1 Å². The minimum absolute atomic E-state index is 0.0800. The van der Waals surface area contributed by atoms with Crippen LogP contribution in [0.5, 0.6) is 11.5 Å². The number of nitrogens with one attached hydrogen (secondary N) is 1. The van der Waals surface area contributed by atoms with E-state index >= 15 is 0 Å². The van der Waals surface area contributed by atoms with E-state index in [0.29, 0.717) is 17.1 Å². The molecule has 19 heavy (non-hydrogen) atoms. The third-order valence-electron chi connectivity index (χ3n) is 3.48. The van der Waals surface area contributed by atoms with E-state index in [-0.39, 0.29) is 18.2 Å². The molecule has 0 aliphatic carbocycles. The molecule has 0 radical (unpaired) electrons. The number of rotatable bonds is 5. The number of fused-ring (bicyclic) bond motifs is 1. The van der Waals surface area contributed by atoms with Gasteiger partial charge in [0.15, 0.2) is 11.5 Å². The normalized spacial score (nSPS) is 15.9. The van der Waals surface area contributed by atoms with Crippen molar-refractivity contribution in [2.45, 2.75) is 32.2 Å². The van der Waals surface area contributed by atoms with Crippen LogP contribution in [0.3, 0.4) is 0 Å². The maximum absolute atomic E-state index is 12.3. The molecule has 1 N–H and O–H groups in total. The molecule has 1 aromatic carbocycles. The number of alkyl halides is 1. The molecular formula is C14H18BrNO3. The van der Waals surface area contributed by atoms with E-state index in [2.05, 4.69) is 35.1 Å². The van der Waals surface area contributed by atoms with Crippen LogP contribution >= 0.6 is 15.9 Å². The molecule has 104 valence electrons. The first-order valence-corrected chi connectivity index (χ1v) is 7.48. The maximum Gasteiger partial charge on any atom is 0.251 e. The van der Waals surface area contributed by atoms with Crippen molar-refractivity contribution in [3.05, 3.63) is 23.8 Å². The summed E-state index contributed by atoms with van der Waals surface area (Å²) in [7, 11) is 0. The van der Waals surface area contributed by atoms with Crippen molar-refractivity contribution < 1.29 is 14.3 Å². The SMILES string of the molecule is CCC(C)(CCBr)NC(=O)c1ccc2c(c1)OCO2. The first-order valence-electron chi connectivity index (χ1n) is 6.36. The molecule has 1 aromatic rings. The van der Waals surface area contributed by atoms with Crippen LogP contribution in [0.25, 0.3) is 0 Å². The van der Waals surface area contributed by atoms with E-state index in [4.69, 9.17) is 9.47 Å². The third kappa shape index (κ3) is 3.21. The molecule has 1 heterocycles. The van der Waals surface area contributed by atoms with Gasteiger partial charge in [-0.2, -0.15) is 0 Å². The zero-order valence-corrected chi connectivity index (χ0v) is 12.7. The average Bonchev–Trinajstić information content (AvgIpc) is 2.86. The highest BCUT2D eigenvalue weighted by Crippen LogP contribution is 2.32. The van der Waals surface area contributed by atoms with Crippen molar-refractivity contribution in [3.63, 3.8) is 0 Å². The summed E-state index contributed by atoms with van der Waals surface area (Å²) in [5.74, 6) is 1.24.